The van der Waals surface area contributed by atoms with E-state index in [9.17, 15) is 9.59 Å². The molecular weight excluding hydrogens is 220 g/mol. The van der Waals surface area contributed by atoms with Crippen LogP contribution in [0.5, 0.6) is 0 Å². The first-order valence-corrected chi connectivity index (χ1v) is 6.03. The number of carbonyl (C=O) groups is 2. The van der Waals surface area contributed by atoms with Crippen LogP contribution in [0.2, 0.25) is 0 Å². The standard InChI is InChI=1S/C12H18N2O3/c1-4-17-12(16)9-7-14-10(15)5-6-13(14)11(9)8(2)3/h7-8,11H,4-6H2,1-3H3/t11-/m1/s1. The average Bonchev–Trinajstić information content (AvgIpc) is 2.79. The molecule has 5 nitrogen and oxygen atoms in total. The maximum atomic E-state index is 11.8. The molecule has 0 saturated carbocycles. The molecule has 94 valence electrons. The van der Waals surface area contributed by atoms with Gasteiger partial charge in [-0.3, -0.25) is 4.79 Å². The minimum atomic E-state index is -0.312. The molecule has 2 aliphatic rings. The van der Waals surface area contributed by atoms with Crippen molar-refractivity contribution in [1.29, 1.82) is 0 Å². The van der Waals surface area contributed by atoms with Gasteiger partial charge in [-0.05, 0) is 12.8 Å². The van der Waals surface area contributed by atoms with Gasteiger partial charge in [-0.25, -0.2) is 14.8 Å². The van der Waals surface area contributed by atoms with Crippen LogP contribution in [0.25, 0.3) is 0 Å². The fraction of sp³-hybridized carbons (Fsp3) is 0.667. The van der Waals surface area contributed by atoms with Crippen molar-refractivity contribution >= 4 is 11.9 Å². The van der Waals surface area contributed by atoms with Crippen LogP contribution in [-0.4, -0.2) is 41.1 Å². The van der Waals surface area contributed by atoms with Crippen LogP contribution in [0.1, 0.15) is 27.2 Å². The summed E-state index contributed by atoms with van der Waals surface area (Å²) < 4.78 is 5.03. The van der Waals surface area contributed by atoms with Gasteiger partial charge in [0.25, 0.3) is 0 Å². The van der Waals surface area contributed by atoms with Gasteiger partial charge < -0.3 is 4.74 Å². The van der Waals surface area contributed by atoms with Crippen molar-refractivity contribution in [3.8, 4) is 0 Å². The summed E-state index contributed by atoms with van der Waals surface area (Å²) in [7, 11) is 0. The molecule has 0 N–H and O–H groups in total. The summed E-state index contributed by atoms with van der Waals surface area (Å²) in [6.45, 7) is 6.91. The lowest BCUT2D eigenvalue weighted by Gasteiger charge is -2.28. The minimum absolute atomic E-state index is 0.0412. The fourth-order valence-corrected chi connectivity index (χ4v) is 2.45. The Bertz CT molecular complexity index is 376. The molecule has 1 atom stereocenters. The van der Waals surface area contributed by atoms with E-state index in [-0.39, 0.29) is 23.8 Å². The molecule has 2 rings (SSSR count). The Balaban J connectivity index is 2.26. The Morgan fingerprint density at radius 1 is 1.59 bits per heavy atom. The normalized spacial score (nSPS) is 24.2. The molecule has 0 aliphatic carbocycles. The van der Waals surface area contributed by atoms with E-state index in [1.807, 2.05) is 18.9 Å². The van der Waals surface area contributed by atoms with Crippen molar-refractivity contribution in [2.75, 3.05) is 13.2 Å². The lowest BCUT2D eigenvalue weighted by molar-refractivity contribution is -0.140. The van der Waals surface area contributed by atoms with Crippen LogP contribution >= 0.6 is 0 Å². The Morgan fingerprint density at radius 3 is 2.88 bits per heavy atom. The number of carbonyl (C=O) groups excluding carboxylic acids is 2. The number of hydrazine groups is 1. The summed E-state index contributed by atoms with van der Waals surface area (Å²) >= 11 is 0. The van der Waals surface area contributed by atoms with Crippen molar-refractivity contribution in [2.24, 2.45) is 5.92 Å². The molecule has 0 aromatic heterocycles. The number of hydrogen-bond donors (Lipinski definition) is 0. The fourth-order valence-electron chi connectivity index (χ4n) is 2.45. The highest BCUT2D eigenvalue weighted by Crippen LogP contribution is 2.32. The zero-order valence-electron chi connectivity index (χ0n) is 10.5. The molecule has 0 radical (unpaired) electrons. The zero-order valence-corrected chi connectivity index (χ0v) is 10.5. The third kappa shape index (κ3) is 1.95. The molecule has 2 aliphatic heterocycles. The predicted molar refractivity (Wildman–Crippen MR) is 61.5 cm³/mol. The molecule has 0 aromatic rings. The first-order chi connectivity index (χ1) is 8.06. The number of rotatable bonds is 3. The Morgan fingerprint density at radius 2 is 2.29 bits per heavy atom. The number of hydrogen-bond acceptors (Lipinski definition) is 4. The number of esters is 1. The van der Waals surface area contributed by atoms with Crippen molar-refractivity contribution in [3.05, 3.63) is 11.8 Å². The maximum Gasteiger partial charge on any atom is 0.337 e. The van der Waals surface area contributed by atoms with E-state index in [1.54, 1.807) is 18.1 Å². The highest BCUT2D eigenvalue weighted by molar-refractivity contribution is 5.92. The van der Waals surface area contributed by atoms with Crippen LogP contribution < -0.4 is 0 Å². The summed E-state index contributed by atoms with van der Waals surface area (Å²) in [5.41, 5.74) is 0.593. The molecule has 1 saturated heterocycles. The largest absolute Gasteiger partial charge is 0.463 e. The lowest BCUT2D eigenvalue weighted by atomic mass is 9.97. The van der Waals surface area contributed by atoms with Gasteiger partial charge in [0, 0.05) is 19.2 Å². The minimum Gasteiger partial charge on any atom is -0.463 e. The predicted octanol–water partition coefficient (Wildman–Crippen LogP) is 0.921. The Hall–Kier alpha value is -1.36. The van der Waals surface area contributed by atoms with Crippen LogP contribution in [0.3, 0.4) is 0 Å². The van der Waals surface area contributed by atoms with Gasteiger partial charge in [-0.15, -0.1) is 0 Å². The molecule has 1 fully saturated rings. The van der Waals surface area contributed by atoms with Crippen LogP contribution in [0.15, 0.2) is 11.8 Å². The Labute approximate surface area is 101 Å². The van der Waals surface area contributed by atoms with Gasteiger partial charge in [-0.2, -0.15) is 0 Å². The quantitative estimate of drug-likeness (QED) is 0.686. The van der Waals surface area contributed by atoms with Gasteiger partial charge in [0.1, 0.15) is 0 Å². The van der Waals surface area contributed by atoms with E-state index in [2.05, 4.69) is 0 Å². The first kappa shape index (κ1) is 12.1. The highest BCUT2D eigenvalue weighted by Gasteiger charge is 2.44. The van der Waals surface area contributed by atoms with Gasteiger partial charge >= 0.3 is 5.97 Å². The van der Waals surface area contributed by atoms with Crippen molar-refractivity contribution < 1.29 is 14.3 Å². The zero-order chi connectivity index (χ0) is 12.6. The second-order valence-electron chi connectivity index (χ2n) is 4.65. The molecule has 5 heteroatoms. The summed E-state index contributed by atoms with van der Waals surface area (Å²) in [6.07, 6.45) is 2.16. The number of amides is 1. The van der Waals surface area contributed by atoms with E-state index in [4.69, 9.17) is 4.74 Å². The van der Waals surface area contributed by atoms with Crippen molar-refractivity contribution in [3.63, 3.8) is 0 Å². The van der Waals surface area contributed by atoms with E-state index < -0.39 is 0 Å². The summed E-state index contributed by atoms with van der Waals surface area (Å²) in [4.78, 5) is 23.5. The number of fused-ring (bicyclic) bond motifs is 1. The van der Waals surface area contributed by atoms with E-state index in [1.165, 1.54) is 0 Å². The van der Waals surface area contributed by atoms with E-state index in [0.29, 0.717) is 25.1 Å². The highest BCUT2D eigenvalue weighted by atomic mass is 16.5. The van der Waals surface area contributed by atoms with Gasteiger partial charge in [0.2, 0.25) is 5.91 Å². The molecule has 1 amide bonds. The molecular formula is C12H18N2O3. The topological polar surface area (TPSA) is 49.9 Å². The molecule has 0 aromatic carbocycles. The average molecular weight is 238 g/mol. The summed E-state index contributed by atoms with van der Waals surface area (Å²) in [5.74, 6) is 0.00454. The second kappa shape index (κ2) is 4.49. The lowest BCUT2D eigenvalue weighted by Crippen LogP contribution is -2.41. The molecule has 0 unspecified atom stereocenters. The van der Waals surface area contributed by atoms with E-state index >= 15 is 0 Å². The third-order valence-electron chi connectivity index (χ3n) is 3.13. The van der Waals surface area contributed by atoms with E-state index in [0.717, 1.165) is 0 Å². The summed E-state index contributed by atoms with van der Waals surface area (Å²) in [5, 5.41) is 3.52. The molecule has 0 spiro atoms. The van der Waals surface area contributed by atoms with Crippen LogP contribution in [0, 0.1) is 5.92 Å². The number of nitrogens with zero attached hydrogens (tertiary/aromatic N) is 2. The Kier molecular flexibility index (Phi) is 3.19. The van der Waals surface area contributed by atoms with Gasteiger partial charge in [-0.1, -0.05) is 13.8 Å². The molecule has 0 bridgehead atoms. The second-order valence-corrected chi connectivity index (χ2v) is 4.65. The molecule has 2 heterocycles. The van der Waals surface area contributed by atoms with Crippen LogP contribution in [0.4, 0.5) is 0 Å². The van der Waals surface area contributed by atoms with Crippen molar-refractivity contribution in [2.45, 2.75) is 33.2 Å². The SMILES string of the molecule is CCOC(=O)C1=CN2C(=O)CCN2[C@@H]1C(C)C. The van der Waals surface area contributed by atoms with Crippen LogP contribution in [-0.2, 0) is 14.3 Å². The third-order valence-corrected chi connectivity index (χ3v) is 3.13. The molecule has 17 heavy (non-hydrogen) atoms. The summed E-state index contributed by atoms with van der Waals surface area (Å²) in [6, 6.07) is -0.0412. The maximum absolute atomic E-state index is 11.8. The van der Waals surface area contributed by atoms with Gasteiger partial charge in [0.15, 0.2) is 0 Å². The monoisotopic (exact) mass is 238 g/mol. The van der Waals surface area contributed by atoms with Gasteiger partial charge in [0.05, 0.1) is 18.2 Å². The van der Waals surface area contributed by atoms with Crippen molar-refractivity contribution in [1.82, 2.24) is 10.0 Å². The first-order valence-electron chi connectivity index (χ1n) is 6.03. The smallest absolute Gasteiger partial charge is 0.337 e. The number of ether oxygens (including phenoxy) is 1.